The summed E-state index contributed by atoms with van der Waals surface area (Å²) >= 11 is 0. The van der Waals surface area contributed by atoms with E-state index in [4.69, 9.17) is 0 Å². The highest BCUT2D eigenvalue weighted by atomic mass is 32.3. The van der Waals surface area contributed by atoms with Crippen molar-refractivity contribution in [2.45, 2.75) is 12.1 Å². The molecule has 0 aliphatic rings. The van der Waals surface area contributed by atoms with Gasteiger partial charge in [-0.1, -0.05) is 3.89 Å². The van der Waals surface area contributed by atoms with Crippen molar-refractivity contribution in [3.63, 3.8) is 0 Å². The molecule has 0 fully saturated rings. The third kappa shape index (κ3) is 3.05. The SMILES string of the molecule is O=C(OS(=O)(=O)F)C(F)(F)C(F)(F)F. The van der Waals surface area contributed by atoms with Gasteiger partial charge in [0.2, 0.25) is 0 Å². The molecule has 11 heteroatoms. The first-order valence-electron chi connectivity index (χ1n) is 2.51. The zero-order valence-electron chi connectivity index (χ0n) is 5.81. The number of carbonyl (C=O) groups excluding carboxylic acids is 1. The van der Waals surface area contributed by atoms with Crippen molar-refractivity contribution in [3.8, 4) is 0 Å². The highest BCUT2D eigenvalue weighted by Gasteiger charge is 2.65. The molecule has 0 amide bonds. The molecular weight excluding hydrogens is 246 g/mol. The molecule has 0 aromatic carbocycles. The normalized spacial score (nSPS) is 13.9. The number of alkyl halides is 5. The quantitative estimate of drug-likeness (QED) is 0.537. The Morgan fingerprint density at radius 1 is 1.07 bits per heavy atom. The lowest BCUT2D eigenvalue weighted by Gasteiger charge is -2.15. The van der Waals surface area contributed by atoms with Crippen LogP contribution < -0.4 is 0 Å². The first-order valence-corrected chi connectivity index (χ1v) is 3.82. The smallest absolute Gasteiger partial charge is 0.315 e. The average Bonchev–Trinajstić information content (AvgIpc) is 1.80. The van der Waals surface area contributed by atoms with Gasteiger partial charge in [-0.2, -0.15) is 30.4 Å². The molecule has 0 spiro atoms. The van der Waals surface area contributed by atoms with E-state index in [1.807, 2.05) is 0 Å². The van der Waals surface area contributed by atoms with Crippen LogP contribution in [-0.2, 0) is 19.5 Å². The fraction of sp³-hybridized carbons (Fsp3) is 0.667. The Bertz CT molecular complexity index is 327. The molecule has 0 atom stereocenters. The summed E-state index contributed by atoms with van der Waals surface area (Å²) < 4.78 is 89.9. The van der Waals surface area contributed by atoms with Crippen LogP contribution in [0, 0.1) is 0 Å². The third-order valence-electron chi connectivity index (χ3n) is 0.788. The summed E-state index contributed by atoms with van der Waals surface area (Å²) in [7, 11) is -6.20. The van der Waals surface area contributed by atoms with Crippen molar-refractivity contribution in [3.05, 3.63) is 0 Å². The Morgan fingerprint density at radius 2 is 1.43 bits per heavy atom. The molecule has 0 aliphatic carbocycles. The van der Waals surface area contributed by atoms with Gasteiger partial charge in [0, 0.05) is 0 Å². The molecule has 0 heterocycles. The summed E-state index contributed by atoms with van der Waals surface area (Å²) in [5.74, 6) is -9.63. The highest BCUT2D eigenvalue weighted by Crippen LogP contribution is 2.36. The molecular formula is C3F6O4S. The Hall–Kier alpha value is -1.00. The second kappa shape index (κ2) is 3.29. The second-order valence-electron chi connectivity index (χ2n) is 1.84. The summed E-state index contributed by atoms with van der Waals surface area (Å²) in [4.78, 5) is 9.82. The second-order valence-corrected chi connectivity index (χ2v) is 2.79. The lowest BCUT2D eigenvalue weighted by molar-refractivity contribution is -0.276. The van der Waals surface area contributed by atoms with Crippen molar-refractivity contribution in [2.75, 3.05) is 0 Å². The lowest BCUT2D eigenvalue weighted by Crippen LogP contribution is -2.45. The fourth-order valence-electron chi connectivity index (χ4n) is 0.258. The van der Waals surface area contributed by atoms with Crippen molar-refractivity contribution in [1.29, 1.82) is 0 Å². The lowest BCUT2D eigenvalue weighted by atomic mass is 10.3. The minimum atomic E-state index is -6.35. The summed E-state index contributed by atoms with van der Waals surface area (Å²) in [6.45, 7) is 0. The monoisotopic (exact) mass is 246 g/mol. The maximum Gasteiger partial charge on any atom is 0.491 e. The van der Waals surface area contributed by atoms with E-state index in [1.54, 1.807) is 0 Å². The van der Waals surface area contributed by atoms with Gasteiger partial charge in [-0.05, 0) is 0 Å². The van der Waals surface area contributed by atoms with Crippen LogP contribution in [0.5, 0.6) is 0 Å². The zero-order chi connectivity index (χ0) is 11.8. The Morgan fingerprint density at radius 3 is 1.64 bits per heavy atom. The molecule has 0 saturated carbocycles. The van der Waals surface area contributed by atoms with Gasteiger partial charge >= 0.3 is 28.6 Å². The molecule has 0 saturated heterocycles. The average molecular weight is 246 g/mol. The van der Waals surface area contributed by atoms with Gasteiger partial charge in [0.05, 0.1) is 0 Å². The van der Waals surface area contributed by atoms with Gasteiger partial charge < -0.3 is 4.18 Å². The summed E-state index contributed by atoms with van der Waals surface area (Å²) in [5.41, 5.74) is 0. The molecule has 0 bridgehead atoms. The van der Waals surface area contributed by atoms with Gasteiger partial charge in [0.25, 0.3) is 0 Å². The summed E-state index contributed by atoms with van der Waals surface area (Å²) in [6, 6.07) is 0. The van der Waals surface area contributed by atoms with Crippen molar-refractivity contribution >= 4 is 16.5 Å². The van der Waals surface area contributed by atoms with Crippen LogP contribution in [0.15, 0.2) is 0 Å². The number of rotatable bonds is 2. The molecule has 0 N–H and O–H groups in total. The third-order valence-corrected chi connectivity index (χ3v) is 1.14. The van der Waals surface area contributed by atoms with E-state index in [2.05, 4.69) is 4.18 Å². The maximum atomic E-state index is 11.8. The minimum absolute atomic E-state index is 2.23. The van der Waals surface area contributed by atoms with Gasteiger partial charge in [-0.25, -0.2) is 4.79 Å². The van der Waals surface area contributed by atoms with Gasteiger partial charge in [-0.3, -0.25) is 0 Å². The number of carbonyl (C=O) groups is 1. The first-order chi connectivity index (χ1) is 5.88. The van der Waals surface area contributed by atoms with E-state index < -0.39 is 28.6 Å². The zero-order valence-corrected chi connectivity index (χ0v) is 6.63. The largest absolute Gasteiger partial charge is 0.491 e. The van der Waals surface area contributed by atoms with Crippen LogP contribution >= 0.6 is 0 Å². The molecule has 0 aliphatic heterocycles. The maximum absolute atomic E-state index is 11.8. The molecule has 0 aromatic heterocycles. The van der Waals surface area contributed by atoms with E-state index in [0.717, 1.165) is 0 Å². The topological polar surface area (TPSA) is 60.4 Å². The Labute approximate surface area is 72.9 Å². The van der Waals surface area contributed by atoms with Gasteiger partial charge in [0.1, 0.15) is 0 Å². The predicted octanol–water partition coefficient (Wildman–Crippen LogP) is 0.942. The van der Waals surface area contributed by atoms with E-state index in [9.17, 15) is 39.1 Å². The molecule has 0 aromatic rings. The Kier molecular flexibility index (Phi) is 3.06. The molecule has 84 valence electrons. The minimum Gasteiger partial charge on any atom is -0.315 e. The van der Waals surface area contributed by atoms with Crippen molar-refractivity contribution in [1.82, 2.24) is 0 Å². The van der Waals surface area contributed by atoms with Crippen LogP contribution in [-0.4, -0.2) is 26.5 Å². The summed E-state index contributed by atoms with van der Waals surface area (Å²) in [5, 5.41) is 0. The molecule has 0 rings (SSSR count). The number of halogens is 6. The predicted molar refractivity (Wildman–Crippen MR) is 27.1 cm³/mol. The van der Waals surface area contributed by atoms with E-state index in [-0.39, 0.29) is 0 Å². The van der Waals surface area contributed by atoms with Crippen LogP contribution in [0.4, 0.5) is 25.8 Å². The van der Waals surface area contributed by atoms with Gasteiger partial charge in [0.15, 0.2) is 0 Å². The molecule has 14 heavy (non-hydrogen) atoms. The van der Waals surface area contributed by atoms with Crippen LogP contribution in [0.25, 0.3) is 0 Å². The van der Waals surface area contributed by atoms with Crippen molar-refractivity contribution in [2.24, 2.45) is 0 Å². The van der Waals surface area contributed by atoms with E-state index in [1.165, 1.54) is 0 Å². The van der Waals surface area contributed by atoms with E-state index in [0.29, 0.717) is 0 Å². The van der Waals surface area contributed by atoms with Crippen LogP contribution in [0.3, 0.4) is 0 Å². The standard InChI is InChI=1S/C3F6O4S/c4-2(5,3(6,7)8)1(10)13-14(9,11)12. The summed E-state index contributed by atoms with van der Waals surface area (Å²) in [6.07, 6.45) is -6.35. The van der Waals surface area contributed by atoms with Crippen molar-refractivity contribution < 1.29 is 43.2 Å². The van der Waals surface area contributed by atoms with Crippen LogP contribution in [0.1, 0.15) is 0 Å². The molecule has 4 nitrogen and oxygen atoms in total. The first kappa shape index (κ1) is 13.0. The van der Waals surface area contributed by atoms with Crippen LogP contribution in [0.2, 0.25) is 0 Å². The molecule has 0 radical (unpaired) electrons. The number of hydrogen-bond acceptors (Lipinski definition) is 4. The molecule has 0 unspecified atom stereocenters. The fourth-order valence-corrected chi connectivity index (χ4v) is 0.544. The highest BCUT2D eigenvalue weighted by molar-refractivity contribution is 7.81. The Balaban J connectivity index is 4.88. The van der Waals surface area contributed by atoms with Gasteiger partial charge in [-0.15, -0.1) is 0 Å². The number of hydrogen-bond donors (Lipinski definition) is 0. The van der Waals surface area contributed by atoms with E-state index >= 15 is 0 Å².